The molecule has 1 aliphatic rings. The molecule has 0 unspecified atom stereocenters. The van der Waals surface area contributed by atoms with Gasteiger partial charge in [-0.25, -0.2) is 0 Å². The van der Waals surface area contributed by atoms with Gasteiger partial charge in [0.2, 0.25) is 0 Å². The maximum atomic E-state index is 13.6. The number of hydrogen-bond acceptors (Lipinski definition) is 4. The fourth-order valence-corrected chi connectivity index (χ4v) is 5.09. The van der Waals surface area contributed by atoms with Gasteiger partial charge in [-0.3, -0.25) is 9.59 Å². The van der Waals surface area contributed by atoms with Crippen LogP contribution in [-0.2, 0) is 5.41 Å². The topological polar surface area (TPSA) is 63.6 Å². The molecular formula is C33H24O4. The van der Waals surface area contributed by atoms with Crippen molar-refractivity contribution in [1.82, 2.24) is 0 Å². The van der Waals surface area contributed by atoms with Crippen molar-refractivity contribution in [3.05, 3.63) is 137 Å². The van der Waals surface area contributed by atoms with Crippen LogP contribution in [0.5, 0.6) is 17.2 Å². The molecule has 0 heterocycles. The highest BCUT2D eigenvalue weighted by Crippen LogP contribution is 2.41. The summed E-state index contributed by atoms with van der Waals surface area (Å²) in [5.74, 6) is 0.814. The Morgan fingerprint density at radius 3 is 1.89 bits per heavy atom. The third-order valence-corrected chi connectivity index (χ3v) is 7.27. The largest absolute Gasteiger partial charge is 0.508 e. The number of hydrogen-bond donors (Lipinski definition) is 1. The molecule has 0 saturated heterocycles. The lowest BCUT2D eigenvalue weighted by Gasteiger charge is -2.26. The lowest BCUT2D eigenvalue weighted by molar-refractivity contribution is 0.0977. The Labute approximate surface area is 214 Å². The molecule has 0 amide bonds. The van der Waals surface area contributed by atoms with Crippen LogP contribution in [0.2, 0.25) is 0 Å². The molecule has 0 radical (unpaired) electrons. The number of carbonyl (C=O) groups is 2. The van der Waals surface area contributed by atoms with Crippen molar-refractivity contribution in [2.75, 3.05) is 0 Å². The second kappa shape index (κ2) is 8.45. The molecule has 0 saturated carbocycles. The summed E-state index contributed by atoms with van der Waals surface area (Å²) in [6, 6.07) is 31.3. The first-order valence-corrected chi connectivity index (χ1v) is 12.2. The molecule has 6 rings (SSSR count). The predicted molar refractivity (Wildman–Crippen MR) is 144 cm³/mol. The Bertz CT molecular complexity index is 1690. The maximum absolute atomic E-state index is 13.6. The average Bonchev–Trinajstić information content (AvgIpc) is 2.92. The molecule has 1 N–H and O–H groups in total. The lowest BCUT2D eigenvalue weighted by atomic mass is 9.78. The molecule has 0 spiro atoms. The van der Waals surface area contributed by atoms with Crippen molar-refractivity contribution in [1.29, 1.82) is 0 Å². The molecule has 0 aliphatic heterocycles. The van der Waals surface area contributed by atoms with E-state index in [1.54, 1.807) is 42.5 Å². The summed E-state index contributed by atoms with van der Waals surface area (Å²) in [6.07, 6.45) is 0. The van der Waals surface area contributed by atoms with Gasteiger partial charge in [0, 0.05) is 27.5 Å². The number of fused-ring (bicyclic) bond motifs is 3. The number of phenolic OH excluding ortho intramolecular Hbond substituents is 1. The van der Waals surface area contributed by atoms with Gasteiger partial charge >= 0.3 is 0 Å². The van der Waals surface area contributed by atoms with E-state index in [1.807, 2.05) is 60.7 Å². The van der Waals surface area contributed by atoms with Gasteiger partial charge < -0.3 is 9.84 Å². The van der Waals surface area contributed by atoms with Crippen LogP contribution in [0, 0.1) is 0 Å². The van der Waals surface area contributed by atoms with Crippen LogP contribution in [0.4, 0.5) is 0 Å². The minimum atomic E-state index is -0.295. The number of ketones is 2. The first kappa shape index (κ1) is 22.7. The second-order valence-corrected chi connectivity index (χ2v) is 9.85. The predicted octanol–water partition coefficient (Wildman–Crippen LogP) is 7.44. The number of phenols is 1. The van der Waals surface area contributed by atoms with Gasteiger partial charge in [0.05, 0.1) is 5.56 Å². The van der Waals surface area contributed by atoms with Gasteiger partial charge in [0.25, 0.3) is 0 Å². The van der Waals surface area contributed by atoms with Crippen molar-refractivity contribution in [2.24, 2.45) is 0 Å². The first-order valence-electron chi connectivity index (χ1n) is 12.2. The molecule has 5 aromatic carbocycles. The fraction of sp³-hybridized carbons (Fsp3) is 0.0909. The smallest absolute Gasteiger partial charge is 0.198 e. The summed E-state index contributed by atoms with van der Waals surface area (Å²) in [4.78, 5) is 27.0. The fourth-order valence-electron chi connectivity index (χ4n) is 5.09. The van der Waals surface area contributed by atoms with Crippen molar-refractivity contribution >= 4 is 22.3 Å². The number of aromatic hydroxyl groups is 1. The normalized spacial score (nSPS) is 12.8. The Balaban J connectivity index is 1.44. The van der Waals surface area contributed by atoms with E-state index in [2.05, 4.69) is 13.8 Å². The Morgan fingerprint density at radius 2 is 1.22 bits per heavy atom. The monoisotopic (exact) mass is 484 g/mol. The molecule has 5 aromatic rings. The summed E-state index contributed by atoms with van der Waals surface area (Å²) in [7, 11) is 0. The quantitative estimate of drug-likeness (QED) is 0.282. The number of rotatable bonds is 4. The van der Waals surface area contributed by atoms with Crippen LogP contribution in [0.25, 0.3) is 10.8 Å². The lowest BCUT2D eigenvalue weighted by Crippen LogP contribution is -2.21. The zero-order valence-electron chi connectivity index (χ0n) is 20.5. The Kier molecular flexibility index (Phi) is 5.20. The van der Waals surface area contributed by atoms with Crippen molar-refractivity contribution in [3.8, 4) is 17.2 Å². The van der Waals surface area contributed by atoms with E-state index in [0.29, 0.717) is 33.8 Å². The highest BCUT2D eigenvalue weighted by molar-refractivity contribution is 6.31. The molecule has 180 valence electrons. The van der Waals surface area contributed by atoms with Gasteiger partial charge in [0.1, 0.15) is 17.2 Å². The minimum absolute atomic E-state index is 0.174. The minimum Gasteiger partial charge on any atom is -0.508 e. The zero-order valence-corrected chi connectivity index (χ0v) is 20.5. The molecule has 0 fully saturated rings. The standard InChI is InChI=1S/C33H24O4/c1-33(2,21-11-15-23(34)16-12-21)22-13-17-24(18-14-22)37-32-25-8-4-3-7-20(25)19-28-29(32)31(36)27-10-6-5-9-26(27)30(28)35/h3-19,34H,1-2H3. The van der Waals surface area contributed by atoms with Gasteiger partial charge in [-0.1, -0.05) is 86.6 Å². The van der Waals surface area contributed by atoms with Crippen LogP contribution in [-0.4, -0.2) is 16.7 Å². The number of benzene rings is 5. The van der Waals surface area contributed by atoms with Gasteiger partial charge in [-0.2, -0.15) is 0 Å². The summed E-state index contributed by atoms with van der Waals surface area (Å²) in [6.45, 7) is 4.25. The molecule has 0 bridgehead atoms. The summed E-state index contributed by atoms with van der Waals surface area (Å²) >= 11 is 0. The molecule has 0 atom stereocenters. The van der Waals surface area contributed by atoms with E-state index < -0.39 is 0 Å². The molecule has 0 aromatic heterocycles. The molecular weight excluding hydrogens is 460 g/mol. The molecule has 4 heteroatoms. The highest BCUT2D eigenvalue weighted by atomic mass is 16.5. The molecule has 4 nitrogen and oxygen atoms in total. The van der Waals surface area contributed by atoms with Crippen LogP contribution in [0.3, 0.4) is 0 Å². The Hall–Kier alpha value is -4.70. The van der Waals surface area contributed by atoms with E-state index in [4.69, 9.17) is 4.74 Å². The number of carbonyl (C=O) groups excluding carboxylic acids is 2. The zero-order chi connectivity index (χ0) is 25.7. The van der Waals surface area contributed by atoms with E-state index in [1.165, 1.54) is 0 Å². The number of ether oxygens (including phenoxy) is 1. The maximum Gasteiger partial charge on any atom is 0.198 e. The third kappa shape index (κ3) is 3.69. The molecule has 37 heavy (non-hydrogen) atoms. The van der Waals surface area contributed by atoms with E-state index >= 15 is 0 Å². The van der Waals surface area contributed by atoms with E-state index in [0.717, 1.165) is 21.9 Å². The molecule has 1 aliphatic carbocycles. The second-order valence-electron chi connectivity index (χ2n) is 9.85. The van der Waals surface area contributed by atoms with Crippen molar-refractivity contribution < 1.29 is 19.4 Å². The SMILES string of the molecule is CC(C)(c1ccc(O)cc1)c1ccc(Oc2c3c(cc4ccccc24)C(=O)c2ccccc2C3=O)cc1. The van der Waals surface area contributed by atoms with Crippen molar-refractivity contribution in [2.45, 2.75) is 19.3 Å². The van der Waals surface area contributed by atoms with E-state index in [9.17, 15) is 14.7 Å². The van der Waals surface area contributed by atoms with E-state index in [-0.39, 0.29) is 22.7 Å². The van der Waals surface area contributed by atoms with Crippen molar-refractivity contribution in [3.63, 3.8) is 0 Å². The van der Waals surface area contributed by atoms with Gasteiger partial charge in [-0.15, -0.1) is 0 Å². The first-order chi connectivity index (χ1) is 17.8. The van der Waals surface area contributed by atoms with Crippen LogP contribution < -0.4 is 4.74 Å². The Morgan fingerprint density at radius 1 is 0.649 bits per heavy atom. The summed E-state index contributed by atoms with van der Waals surface area (Å²) < 4.78 is 6.41. The van der Waals surface area contributed by atoms with Crippen LogP contribution >= 0.6 is 0 Å². The van der Waals surface area contributed by atoms with Crippen LogP contribution in [0.1, 0.15) is 56.8 Å². The van der Waals surface area contributed by atoms with Gasteiger partial charge in [0.15, 0.2) is 11.6 Å². The highest BCUT2D eigenvalue weighted by Gasteiger charge is 2.33. The van der Waals surface area contributed by atoms with Gasteiger partial charge in [-0.05, 0) is 46.8 Å². The average molecular weight is 485 g/mol. The third-order valence-electron chi connectivity index (χ3n) is 7.27. The summed E-state index contributed by atoms with van der Waals surface area (Å²) in [5.41, 5.74) is 3.33. The summed E-state index contributed by atoms with van der Waals surface area (Å²) in [5, 5.41) is 11.3. The van der Waals surface area contributed by atoms with Crippen LogP contribution in [0.15, 0.2) is 103 Å².